The smallest absolute Gasteiger partial charge is 0.337 e. The number of nitrogens with one attached hydrogen (secondary N) is 2. The minimum Gasteiger partial charge on any atom is -0.465 e. The van der Waals surface area contributed by atoms with Gasteiger partial charge in [0.2, 0.25) is 5.95 Å². The van der Waals surface area contributed by atoms with Gasteiger partial charge in [-0.05, 0) is 36.4 Å². The van der Waals surface area contributed by atoms with Gasteiger partial charge in [0.25, 0.3) is 0 Å². The Morgan fingerprint density at radius 1 is 1.12 bits per heavy atom. The lowest BCUT2D eigenvalue weighted by Gasteiger charge is -2.10. The number of nitrogens with zero attached hydrogens (tertiary/aromatic N) is 3. The molecule has 7 nitrogen and oxygen atoms in total. The summed E-state index contributed by atoms with van der Waals surface area (Å²) in [6.45, 7) is 0. The second-order valence-corrected chi connectivity index (χ2v) is 5.96. The topological polar surface area (TPSA) is 89.0 Å². The van der Waals surface area contributed by atoms with Crippen molar-refractivity contribution >= 4 is 52.3 Å². The molecule has 0 fully saturated rings. The van der Waals surface area contributed by atoms with Crippen LogP contribution in [0, 0.1) is 0 Å². The quantitative estimate of drug-likeness (QED) is 0.622. The first-order chi connectivity index (χ1) is 12.5. The molecule has 0 aliphatic heterocycles. The number of carbonyl (C=O) groups excluding carboxylic acids is 1. The number of hydrogen-bond donors (Lipinski definition) is 2. The fourth-order valence-corrected chi connectivity index (χ4v) is 2.47. The van der Waals surface area contributed by atoms with Crippen LogP contribution in [0.2, 0.25) is 10.0 Å². The van der Waals surface area contributed by atoms with E-state index in [0.717, 1.165) is 5.69 Å². The number of benzene rings is 2. The molecule has 2 aromatic carbocycles. The van der Waals surface area contributed by atoms with E-state index < -0.39 is 5.97 Å². The molecule has 1 heterocycles. The summed E-state index contributed by atoms with van der Waals surface area (Å²) in [4.78, 5) is 16.0. The molecule has 0 spiro atoms. The molecule has 0 aliphatic carbocycles. The van der Waals surface area contributed by atoms with Crippen LogP contribution in [-0.2, 0) is 4.74 Å². The summed E-state index contributed by atoms with van der Waals surface area (Å²) < 4.78 is 4.71. The Balaban J connectivity index is 1.82. The Bertz CT molecular complexity index is 952. The van der Waals surface area contributed by atoms with Crippen molar-refractivity contribution in [2.75, 3.05) is 17.7 Å². The van der Waals surface area contributed by atoms with Crippen LogP contribution in [0.15, 0.2) is 48.7 Å². The SMILES string of the molecule is COC(=O)c1ccc(Cl)c(Nc2cnnc(Nc3cccc(Cl)c3)n2)c1. The van der Waals surface area contributed by atoms with Crippen LogP contribution >= 0.6 is 23.2 Å². The molecule has 0 bridgehead atoms. The van der Waals surface area contributed by atoms with Crippen molar-refractivity contribution in [3.63, 3.8) is 0 Å². The molecule has 2 N–H and O–H groups in total. The molecule has 3 aromatic rings. The van der Waals surface area contributed by atoms with E-state index in [9.17, 15) is 4.79 Å². The van der Waals surface area contributed by atoms with Crippen molar-refractivity contribution in [2.24, 2.45) is 0 Å². The molecule has 3 rings (SSSR count). The van der Waals surface area contributed by atoms with Crippen molar-refractivity contribution in [3.05, 3.63) is 64.3 Å². The highest BCUT2D eigenvalue weighted by Gasteiger charge is 2.10. The highest BCUT2D eigenvalue weighted by atomic mass is 35.5. The molecule has 1 aromatic heterocycles. The molecule has 0 unspecified atom stereocenters. The number of carbonyl (C=O) groups is 1. The highest BCUT2D eigenvalue weighted by molar-refractivity contribution is 6.33. The second-order valence-electron chi connectivity index (χ2n) is 5.11. The van der Waals surface area contributed by atoms with Crippen LogP contribution < -0.4 is 10.6 Å². The van der Waals surface area contributed by atoms with E-state index in [2.05, 4.69) is 25.8 Å². The summed E-state index contributed by atoms with van der Waals surface area (Å²) >= 11 is 12.1. The number of hydrogen-bond acceptors (Lipinski definition) is 7. The average molecular weight is 390 g/mol. The van der Waals surface area contributed by atoms with Crippen molar-refractivity contribution in [1.29, 1.82) is 0 Å². The zero-order chi connectivity index (χ0) is 18.5. The van der Waals surface area contributed by atoms with Gasteiger partial charge < -0.3 is 15.4 Å². The van der Waals surface area contributed by atoms with E-state index in [1.807, 2.05) is 6.07 Å². The summed E-state index contributed by atoms with van der Waals surface area (Å²) in [7, 11) is 1.31. The molecule has 26 heavy (non-hydrogen) atoms. The van der Waals surface area contributed by atoms with Crippen molar-refractivity contribution in [1.82, 2.24) is 15.2 Å². The van der Waals surface area contributed by atoms with Gasteiger partial charge in [0, 0.05) is 10.7 Å². The molecule has 132 valence electrons. The first-order valence-corrected chi connectivity index (χ1v) is 8.18. The molecule has 0 saturated carbocycles. The predicted octanol–water partition coefficient (Wildman–Crippen LogP) is 4.45. The van der Waals surface area contributed by atoms with Crippen molar-refractivity contribution in [3.8, 4) is 0 Å². The number of anilines is 4. The summed E-state index contributed by atoms with van der Waals surface area (Å²) in [6.07, 6.45) is 1.43. The standard InChI is InChI=1S/C17H13Cl2N5O2/c1-26-16(25)10-5-6-13(19)14(7-10)22-15-9-20-24-17(23-15)21-12-4-2-3-11(18)8-12/h2-9H,1H3,(H2,21,22,23,24). The summed E-state index contributed by atoms with van der Waals surface area (Å²) in [5.41, 5.74) is 1.57. The Kier molecular flexibility index (Phi) is 5.50. The minimum atomic E-state index is -0.464. The molecular formula is C17H13Cl2N5O2. The molecule has 0 radical (unpaired) electrons. The van der Waals surface area contributed by atoms with E-state index in [4.69, 9.17) is 27.9 Å². The minimum absolute atomic E-state index is 0.275. The molecule has 0 saturated heterocycles. The number of ether oxygens (including phenoxy) is 1. The third-order valence-electron chi connectivity index (χ3n) is 3.29. The lowest BCUT2D eigenvalue weighted by atomic mass is 10.2. The Morgan fingerprint density at radius 2 is 1.96 bits per heavy atom. The monoisotopic (exact) mass is 389 g/mol. The average Bonchev–Trinajstić information content (AvgIpc) is 2.63. The maximum Gasteiger partial charge on any atom is 0.337 e. The molecule has 0 amide bonds. The number of halogens is 2. The van der Waals surface area contributed by atoms with E-state index in [1.54, 1.807) is 36.4 Å². The number of aromatic nitrogens is 3. The van der Waals surface area contributed by atoms with Crippen molar-refractivity contribution in [2.45, 2.75) is 0 Å². The molecular weight excluding hydrogens is 377 g/mol. The van der Waals surface area contributed by atoms with Gasteiger partial charge in [-0.15, -0.1) is 5.10 Å². The predicted molar refractivity (Wildman–Crippen MR) is 101 cm³/mol. The van der Waals surface area contributed by atoms with Gasteiger partial charge in [-0.1, -0.05) is 29.3 Å². The van der Waals surface area contributed by atoms with Gasteiger partial charge in [-0.2, -0.15) is 10.1 Å². The molecule has 0 atom stereocenters. The van der Waals surface area contributed by atoms with Crippen LogP contribution in [-0.4, -0.2) is 28.3 Å². The number of esters is 1. The maximum atomic E-state index is 11.7. The third-order valence-corrected chi connectivity index (χ3v) is 3.85. The van der Waals surface area contributed by atoms with E-state index in [-0.39, 0.29) is 5.95 Å². The van der Waals surface area contributed by atoms with Crippen LogP contribution in [0.1, 0.15) is 10.4 Å². The van der Waals surface area contributed by atoms with Gasteiger partial charge >= 0.3 is 5.97 Å². The maximum absolute atomic E-state index is 11.7. The summed E-state index contributed by atoms with van der Waals surface area (Å²) in [6, 6.07) is 11.9. The lowest BCUT2D eigenvalue weighted by molar-refractivity contribution is 0.0601. The molecule has 9 heteroatoms. The number of rotatable bonds is 5. The van der Waals surface area contributed by atoms with Crippen molar-refractivity contribution < 1.29 is 9.53 Å². The van der Waals surface area contributed by atoms with E-state index >= 15 is 0 Å². The Labute approximate surface area is 159 Å². The zero-order valence-electron chi connectivity index (χ0n) is 13.5. The van der Waals surface area contributed by atoms with Crippen LogP contribution in [0.4, 0.5) is 23.1 Å². The lowest BCUT2D eigenvalue weighted by Crippen LogP contribution is -2.04. The third kappa shape index (κ3) is 4.38. The first kappa shape index (κ1) is 17.9. The summed E-state index contributed by atoms with van der Waals surface area (Å²) in [5, 5.41) is 14.8. The molecule has 0 aliphatic rings. The zero-order valence-corrected chi connectivity index (χ0v) is 15.0. The van der Waals surface area contributed by atoms with E-state index in [0.29, 0.717) is 27.1 Å². The Hall–Kier alpha value is -2.90. The van der Waals surface area contributed by atoms with Gasteiger partial charge in [-0.25, -0.2) is 4.79 Å². The van der Waals surface area contributed by atoms with Gasteiger partial charge in [0.05, 0.1) is 29.6 Å². The summed E-state index contributed by atoms with van der Waals surface area (Å²) in [5.74, 6) is 0.208. The van der Waals surface area contributed by atoms with Gasteiger partial charge in [0.15, 0.2) is 5.82 Å². The van der Waals surface area contributed by atoms with Gasteiger partial charge in [-0.3, -0.25) is 0 Å². The fraction of sp³-hybridized carbons (Fsp3) is 0.0588. The van der Waals surface area contributed by atoms with Crippen LogP contribution in [0.25, 0.3) is 0 Å². The number of methoxy groups -OCH3 is 1. The largest absolute Gasteiger partial charge is 0.465 e. The normalized spacial score (nSPS) is 10.3. The van der Waals surface area contributed by atoms with Crippen LogP contribution in [0.5, 0.6) is 0 Å². The fourth-order valence-electron chi connectivity index (χ4n) is 2.12. The van der Waals surface area contributed by atoms with Gasteiger partial charge in [0.1, 0.15) is 0 Å². The second kappa shape index (κ2) is 7.99. The van der Waals surface area contributed by atoms with Crippen LogP contribution in [0.3, 0.4) is 0 Å². The van der Waals surface area contributed by atoms with E-state index in [1.165, 1.54) is 13.3 Å². The Morgan fingerprint density at radius 3 is 2.73 bits per heavy atom. The first-order valence-electron chi connectivity index (χ1n) is 7.42. The highest BCUT2D eigenvalue weighted by Crippen LogP contribution is 2.26.